The molecule has 7 heteroatoms. The number of nitrogens with zero attached hydrogens (tertiary/aromatic N) is 2. The second kappa shape index (κ2) is 12.8. The molecule has 0 unspecified atom stereocenters. The zero-order valence-corrected chi connectivity index (χ0v) is 20.5. The van der Waals surface area contributed by atoms with Crippen LogP contribution >= 0.6 is 0 Å². The van der Waals surface area contributed by atoms with Gasteiger partial charge in [0.15, 0.2) is 0 Å². The Balaban J connectivity index is 1.64. The van der Waals surface area contributed by atoms with Crippen molar-refractivity contribution in [2.75, 3.05) is 40.5 Å². The number of hydrogen-bond acceptors (Lipinski definition) is 7. The number of aryl methyl sites for hydroxylation is 2. The average Bonchev–Trinajstić information content (AvgIpc) is 3.36. The molecule has 1 fully saturated rings. The SMILES string of the molecule is COC=C(C(=O)OC)c1ccccc1COc1cc(C)c(C=NOCCN2CCCC2)cc1C. The highest BCUT2D eigenvalue weighted by atomic mass is 16.6. The maximum absolute atomic E-state index is 12.2. The van der Waals surface area contributed by atoms with E-state index in [9.17, 15) is 4.79 Å². The second-order valence-corrected chi connectivity index (χ2v) is 8.30. The van der Waals surface area contributed by atoms with Gasteiger partial charge < -0.3 is 19.0 Å². The molecule has 1 saturated heterocycles. The van der Waals surface area contributed by atoms with Gasteiger partial charge in [-0.25, -0.2) is 4.79 Å². The lowest BCUT2D eigenvalue weighted by Gasteiger charge is -2.15. The maximum atomic E-state index is 12.2. The minimum absolute atomic E-state index is 0.293. The van der Waals surface area contributed by atoms with Crippen molar-refractivity contribution < 1.29 is 23.8 Å². The highest BCUT2D eigenvalue weighted by molar-refractivity contribution is 6.16. The number of hydrogen-bond donors (Lipinski definition) is 0. The van der Waals surface area contributed by atoms with E-state index < -0.39 is 5.97 Å². The van der Waals surface area contributed by atoms with Crippen LogP contribution in [0.1, 0.15) is 40.7 Å². The van der Waals surface area contributed by atoms with Crippen LogP contribution in [0.4, 0.5) is 0 Å². The van der Waals surface area contributed by atoms with Crippen molar-refractivity contribution in [1.29, 1.82) is 0 Å². The van der Waals surface area contributed by atoms with Crippen molar-refractivity contribution in [1.82, 2.24) is 4.90 Å². The van der Waals surface area contributed by atoms with Gasteiger partial charge in [-0.15, -0.1) is 0 Å². The van der Waals surface area contributed by atoms with E-state index in [1.807, 2.05) is 50.2 Å². The zero-order valence-electron chi connectivity index (χ0n) is 20.5. The molecule has 0 N–H and O–H groups in total. The van der Waals surface area contributed by atoms with Crippen molar-refractivity contribution in [3.8, 4) is 5.75 Å². The van der Waals surface area contributed by atoms with Crippen LogP contribution in [0.3, 0.4) is 0 Å². The van der Waals surface area contributed by atoms with Crippen LogP contribution in [0.25, 0.3) is 5.57 Å². The lowest BCUT2D eigenvalue weighted by Crippen LogP contribution is -2.23. The molecular weight excluding hydrogens is 432 g/mol. The molecule has 0 aromatic heterocycles. The monoisotopic (exact) mass is 466 g/mol. The molecule has 1 aliphatic heterocycles. The number of benzene rings is 2. The molecule has 3 rings (SSSR count). The predicted octanol–water partition coefficient (Wildman–Crippen LogP) is 4.49. The van der Waals surface area contributed by atoms with Gasteiger partial charge in [0.1, 0.15) is 24.5 Å². The van der Waals surface area contributed by atoms with E-state index in [0.717, 1.165) is 47.6 Å². The number of carbonyl (C=O) groups excluding carboxylic acids is 1. The van der Waals surface area contributed by atoms with E-state index in [-0.39, 0.29) is 0 Å². The Morgan fingerprint density at radius 2 is 1.85 bits per heavy atom. The smallest absolute Gasteiger partial charge is 0.341 e. The Morgan fingerprint density at radius 3 is 2.59 bits per heavy atom. The fourth-order valence-electron chi connectivity index (χ4n) is 3.94. The number of esters is 1. The minimum Gasteiger partial charge on any atom is -0.503 e. The topological polar surface area (TPSA) is 69.6 Å². The van der Waals surface area contributed by atoms with E-state index in [0.29, 0.717) is 24.4 Å². The fourth-order valence-corrected chi connectivity index (χ4v) is 3.94. The van der Waals surface area contributed by atoms with E-state index in [1.54, 1.807) is 6.21 Å². The van der Waals surface area contributed by atoms with Crippen molar-refractivity contribution in [3.63, 3.8) is 0 Å². The number of rotatable bonds is 11. The molecule has 0 saturated carbocycles. The normalized spacial score (nSPS) is 14.4. The molecule has 0 bridgehead atoms. The molecule has 0 radical (unpaired) electrons. The molecule has 1 heterocycles. The van der Waals surface area contributed by atoms with E-state index in [2.05, 4.69) is 10.1 Å². The lowest BCUT2D eigenvalue weighted by molar-refractivity contribution is -0.133. The van der Waals surface area contributed by atoms with Gasteiger partial charge in [0.05, 0.1) is 26.7 Å². The molecule has 0 atom stereocenters. The molecule has 0 amide bonds. The third-order valence-electron chi connectivity index (χ3n) is 5.86. The van der Waals surface area contributed by atoms with Crippen LogP contribution in [-0.4, -0.2) is 57.5 Å². The largest absolute Gasteiger partial charge is 0.503 e. The molecule has 0 aliphatic carbocycles. The third-order valence-corrected chi connectivity index (χ3v) is 5.86. The van der Waals surface area contributed by atoms with Gasteiger partial charge in [0.25, 0.3) is 0 Å². The summed E-state index contributed by atoms with van der Waals surface area (Å²) in [6.45, 7) is 8.13. The van der Waals surface area contributed by atoms with Gasteiger partial charge in [-0.2, -0.15) is 0 Å². The molecule has 1 aliphatic rings. The van der Waals surface area contributed by atoms with Gasteiger partial charge in [0, 0.05) is 6.54 Å². The summed E-state index contributed by atoms with van der Waals surface area (Å²) in [7, 11) is 2.85. The van der Waals surface area contributed by atoms with Crippen LogP contribution in [0.2, 0.25) is 0 Å². The van der Waals surface area contributed by atoms with Crippen LogP contribution in [-0.2, 0) is 25.7 Å². The van der Waals surface area contributed by atoms with Gasteiger partial charge in [0.2, 0.25) is 0 Å². The number of carbonyl (C=O) groups is 1. The number of likely N-dealkylation sites (tertiary alicyclic amines) is 1. The van der Waals surface area contributed by atoms with Crippen LogP contribution in [0.15, 0.2) is 47.8 Å². The molecular formula is C27H34N2O5. The van der Waals surface area contributed by atoms with Crippen LogP contribution < -0.4 is 4.74 Å². The van der Waals surface area contributed by atoms with E-state index in [1.165, 1.54) is 33.3 Å². The first-order chi connectivity index (χ1) is 16.5. The Labute approximate surface area is 201 Å². The Hall–Kier alpha value is -3.32. The highest BCUT2D eigenvalue weighted by Gasteiger charge is 2.17. The summed E-state index contributed by atoms with van der Waals surface area (Å²) < 4.78 is 16.1. The summed E-state index contributed by atoms with van der Waals surface area (Å²) in [5.74, 6) is 0.308. The first-order valence-electron chi connectivity index (χ1n) is 11.5. The number of oxime groups is 1. The molecule has 182 valence electrons. The van der Waals surface area contributed by atoms with Crippen molar-refractivity contribution >= 4 is 17.8 Å². The van der Waals surface area contributed by atoms with Gasteiger partial charge in [-0.05, 0) is 79.7 Å². The van der Waals surface area contributed by atoms with Gasteiger partial charge >= 0.3 is 5.97 Å². The standard InChI is InChI=1S/C27H34N2O5/c1-20-16-26(21(2)15-23(20)17-28-34-14-13-29-11-7-8-12-29)33-18-22-9-5-6-10-24(22)25(19-31-3)27(30)32-4/h5-6,9-10,15-17,19H,7-8,11-14,18H2,1-4H3. The molecule has 0 spiro atoms. The summed E-state index contributed by atoms with van der Waals surface area (Å²) in [6.07, 6.45) is 5.70. The summed E-state index contributed by atoms with van der Waals surface area (Å²) in [6, 6.07) is 11.6. The third kappa shape index (κ3) is 6.84. The van der Waals surface area contributed by atoms with Gasteiger partial charge in [-0.3, -0.25) is 4.90 Å². The number of ether oxygens (including phenoxy) is 3. The average molecular weight is 467 g/mol. The summed E-state index contributed by atoms with van der Waals surface area (Å²) in [5.41, 5.74) is 4.92. The van der Waals surface area contributed by atoms with Crippen LogP contribution in [0, 0.1) is 13.8 Å². The zero-order chi connectivity index (χ0) is 24.3. The van der Waals surface area contributed by atoms with Gasteiger partial charge in [-0.1, -0.05) is 29.4 Å². The van der Waals surface area contributed by atoms with E-state index >= 15 is 0 Å². The van der Waals surface area contributed by atoms with Crippen molar-refractivity contribution in [3.05, 3.63) is 70.5 Å². The Bertz CT molecular complexity index is 1030. The highest BCUT2D eigenvalue weighted by Crippen LogP contribution is 2.26. The second-order valence-electron chi connectivity index (χ2n) is 8.30. The van der Waals surface area contributed by atoms with Crippen molar-refractivity contribution in [2.24, 2.45) is 5.16 Å². The quantitative estimate of drug-likeness (QED) is 0.121. The minimum atomic E-state index is -0.465. The lowest BCUT2D eigenvalue weighted by atomic mass is 10.0. The fraction of sp³-hybridized carbons (Fsp3) is 0.407. The summed E-state index contributed by atoms with van der Waals surface area (Å²) in [5, 5.41) is 4.15. The first kappa shape index (κ1) is 25.3. The summed E-state index contributed by atoms with van der Waals surface area (Å²) >= 11 is 0. The van der Waals surface area contributed by atoms with Crippen LogP contribution in [0.5, 0.6) is 5.75 Å². The molecule has 2 aromatic carbocycles. The Kier molecular flexibility index (Phi) is 9.52. The van der Waals surface area contributed by atoms with E-state index in [4.69, 9.17) is 19.0 Å². The van der Waals surface area contributed by atoms with Crippen molar-refractivity contribution in [2.45, 2.75) is 33.3 Å². The Morgan fingerprint density at radius 1 is 1.09 bits per heavy atom. The molecule has 7 nitrogen and oxygen atoms in total. The molecule has 34 heavy (non-hydrogen) atoms. The predicted molar refractivity (Wildman–Crippen MR) is 133 cm³/mol. The number of methoxy groups -OCH3 is 2. The molecule has 2 aromatic rings. The maximum Gasteiger partial charge on any atom is 0.341 e. The first-order valence-corrected chi connectivity index (χ1v) is 11.5. The summed E-state index contributed by atoms with van der Waals surface area (Å²) in [4.78, 5) is 20.1.